The van der Waals surface area contributed by atoms with Crippen LogP contribution in [0.4, 0.5) is 23.2 Å². The maximum Gasteiger partial charge on any atom is 0.283 e. The zero-order chi connectivity index (χ0) is 23.3. The molecule has 2 atom stereocenters. The summed E-state index contributed by atoms with van der Waals surface area (Å²) in [7, 11) is 0. The summed E-state index contributed by atoms with van der Waals surface area (Å²) in [5.74, 6) is -4.87. The normalized spacial score (nSPS) is 21.8. The molecule has 2 aliphatic heterocycles. The number of nitrogens with zero attached hydrogens (tertiary/aromatic N) is 1. The molecule has 0 unspecified atom stereocenters. The number of hydrogen-bond donors (Lipinski definition) is 3. The van der Waals surface area contributed by atoms with Crippen molar-refractivity contribution < 1.29 is 27.1 Å². The summed E-state index contributed by atoms with van der Waals surface area (Å²) in [4.78, 5) is 1.32. The minimum Gasteiger partial charge on any atom is -0.459 e. The molecule has 5 nitrogen and oxygen atoms in total. The Morgan fingerprint density at radius 3 is 2.52 bits per heavy atom. The van der Waals surface area contributed by atoms with Gasteiger partial charge in [-0.3, -0.25) is 4.90 Å². The number of fused-ring (bicyclic) bond motifs is 3. The molecule has 3 heterocycles. The van der Waals surface area contributed by atoms with Gasteiger partial charge in [-0.1, -0.05) is 18.2 Å². The molecular formula is C24H25F4N3O2. The van der Waals surface area contributed by atoms with Gasteiger partial charge in [-0.05, 0) is 31.5 Å². The molecule has 1 aromatic heterocycles. The fraction of sp³-hybridized carbons (Fsp3) is 0.417. The molecule has 33 heavy (non-hydrogen) atoms. The molecule has 9 heteroatoms. The summed E-state index contributed by atoms with van der Waals surface area (Å²) >= 11 is 0. The number of anilines is 1. The first-order valence-corrected chi connectivity index (χ1v) is 11.0. The summed E-state index contributed by atoms with van der Waals surface area (Å²) in [6.07, 6.45) is 0.377. The predicted molar refractivity (Wildman–Crippen MR) is 117 cm³/mol. The van der Waals surface area contributed by atoms with Gasteiger partial charge in [-0.25, -0.2) is 17.6 Å². The monoisotopic (exact) mass is 463 g/mol. The third kappa shape index (κ3) is 3.98. The van der Waals surface area contributed by atoms with Crippen LogP contribution in [-0.4, -0.2) is 54.3 Å². The largest absolute Gasteiger partial charge is 0.459 e. The van der Waals surface area contributed by atoms with E-state index in [0.717, 1.165) is 10.9 Å². The van der Waals surface area contributed by atoms with Crippen LogP contribution >= 0.6 is 0 Å². The van der Waals surface area contributed by atoms with Gasteiger partial charge in [0.15, 0.2) is 0 Å². The first-order valence-electron chi connectivity index (χ1n) is 11.0. The van der Waals surface area contributed by atoms with Gasteiger partial charge in [0.2, 0.25) is 0 Å². The van der Waals surface area contributed by atoms with Gasteiger partial charge in [0.05, 0.1) is 12.6 Å². The molecule has 0 aliphatic carbocycles. The average Bonchev–Trinajstić information content (AvgIpc) is 3.10. The second-order valence-corrected chi connectivity index (χ2v) is 8.94. The molecule has 0 amide bonds. The quantitative estimate of drug-likeness (QED) is 0.482. The van der Waals surface area contributed by atoms with E-state index in [4.69, 9.17) is 4.42 Å². The standard InChI is InChI=1S/C24H25F4N3O2/c1-13-6-17-16-4-2-3-5-20(16)33-23(17)22(31(13)11-24(27,28)12-32)21-18(25)7-14(8-19(21)26)30-15-9-29-10-15/h2-5,7-8,13,15,22,29-30,32H,6,9-12H2,1H3/t13-,22-/m1/s1. The minimum absolute atomic E-state index is 0.0751. The highest BCUT2D eigenvalue weighted by Gasteiger charge is 2.44. The number of para-hydroxylation sites is 1. The van der Waals surface area contributed by atoms with Crippen LogP contribution in [0.1, 0.15) is 29.9 Å². The lowest BCUT2D eigenvalue weighted by Crippen LogP contribution is -2.51. The number of furan rings is 1. The molecule has 0 spiro atoms. The number of nitrogens with one attached hydrogen (secondary N) is 2. The van der Waals surface area contributed by atoms with Gasteiger partial charge < -0.3 is 20.2 Å². The van der Waals surface area contributed by atoms with E-state index in [2.05, 4.69) is 10.6 Å². The number of hydrogen-bond acceptors (Lipinski definition) is 5. The Kier molecular flexibility index (Phi) is 5.58. The zero-order valence-electron chi connectivity index (χ0n) is 18.0. The van der Waals surface area contributed by atoms with Gasteiger partial charge >= 0.3 is 0 Å². The number of aliphatic hydroxyl groups excluding tert-OH is 1. The average molecular weight is 463 g/mol. The SMILES string of the molecule is C[C@@H]1Cc2c(oc3ccccc23)[C@@H](c2c(F)cc(NC3CNC3)cc2F)N1CC(F)(F)CO. The van der Waals surface area contributed by atoms with Crippen LogP contribution in [0.5, 0.6) is 0 Å². The summed E-state index contributed by atoms with van der Waals surface area (Å²) in [5.41, 5.74) is 1.24. The topological polar surface area (TPSA) is 60.7 Å². The molecule has 5 rings (SSSR count). The van der Waals surface area contributed by atoms with E-state index >= 15 is 8.78 Å². The first-order chi connectivity index (χ1) is 15.8. The lowest BCUT2D eigenvalue weighted by atomic mass is 9.88. The van der Waals surface area contributed by atoms with Crippen molar-refractivity contribution in [3.63, 3.8) is 0 Å². The summed E-state index contributed by atoms with van der Waals surface area (Å²) in [5, 5.41) is 16.1. The number of halogens is 4. The smallest absolute Gasteiger partial charge is 0.283 e. The molecule has 3 N–H and O–H groups in total. The Balaban J connectivity index is 1.64. The van der Waals surface area contributed by atoms with Gasteiger partial charge in [-0.15, -0.1) is 0 Å². The number of alkyl halides is 2. The van der Waals surface area contributed by atoms with Crippen LogP contribution in [-0.2, 0) is 6.42 Å². The van der Waals surface area contributed by atoms with Crippen molar-refractivity contribution >= 4 is 16.7 Å². The minimum atomic E-state index is -3.44. The van der Waals surface area contributed by atoms with Gasteiger partial charge in [0.1, 0.15) is 35.6 Å². The van der Waals surface area contributed by atoms with E-state index in [9.17, 15) is 13.9 Å². The van der Waals surface area contributed by atoms with Crippen molar-refractivity contribution in [1.82, 2.24) is 10.2 Å². The molecule has 1 saturated heterocycles. The highest BCUT2D eigenvalue weighted by molar-refractivity contribution is 5.83. The lowest BCUT2D eigenvalue weighted by Gasteiger charge is -2.41. The Morgan fingerprint density at radius 2 is 1.88 bits per heavy atom. The van der Waals surface area contributed by atoms with E-state index in [1.807, 2.05) is 12.1 Å². The second-order valence-electron chi connectivity index (χ2n) is 8.94. The van der Waals surface area contributed by atoms with Crippen molar-refractivity contribution in [2.24, 2.45) is 0 Å². The summed E-state index contributed by atoms with van der Waals surface area (Å²) < 4.78 is 65.5. The van der Waals surface area contributed by atoms with Crippen molar-refractivity contribution in [3.05, 3.63) is 64.9 Å². The molecule has 2 aromatic carbocycles. The molecule has 0 saturated carbocycles. The molecule has 1 fully saturated rings. The first kappa shape index (κ1) is 22.2. The molecule has 2 aliphatic rings. The highest BCUT2D eigenvalue weighted by atomic mass is 19.3. The van der Waals surface area contributed by atoms with Crippen LogP contribution in [0.2, 0.25) is 0 Å². The van der Waals surface area contributed by atoms with Crippen LogP contribution in [0.25, 0.3) is 11.0 Å². The predicted octanol–water partition coefficient (Wildman–Crippen LogP) is 4.06. The van der Waals surface area contributed by atoms with Crippen LogP contribution in [0, 0.1) is 11.6 Å². The molecule has 176 valence electrons. The van der Waals surface area contributed by atoms with Gasteiger partial charge in [0.25, 0.3) is 5.92 Å². The fourth-order valence-electron chi connectivity index (χ4n) is 4.78. The van der Waals surface area contributed by atoms with E-state index in [0.29, 0.717) is 30.8 Å². The van der Waals surface area contributed by atoms with Gasteiger partial charge in [0, 0.05) is 41.3 Å². The molecule has 0 bridgehead atoms. The Bertz CT molecular complexity index is 1150. The molecule has 0 radical (unpaired) electrons. The maximum atomic E-state index is 15.4. The summed E-state index contributed by atoms with van der Waals surface area (Å²) in [6, 6.07) is 8.00. The van der Waals surface area contributed by atoms with Crippen LogP contribution in [0.3, 0.4) is 0 Å². The van der Waals surface area contributed by atoms with Crippen LogP contribution < -0.4 is 10.6 Å². The fourth-order valence-corrected chi connectivity index (χ4v) is 4.78. The van der Waals surface area contributed by atoms with E-state index < -0.39 is 42.8 Å². The highest BCUT2D eigenvalue weighted by Crippen LogP contribution is 2.45. The Labute approximate surface area is 188 Å². The van der Waals surface area contributed by atoms with E-state index in [1.54, 1.807) is 19.1 Å². The van der Waals surface area contributed by atoms with E-state index in [-0.39, 0.29) is 17.4 Å². The van der Waals surface area contributed by atoms with E-state index in [1.165, 1.54) is 17.0 Å². The van der Waals surface area contributed by atoms with Crippen molar-refractivity contribution in [2.75, 3.05) is 31.6 Å². The number of benzene rings is 2. The Hall–Kier alpha value is -2.62. The van der Waals surface area contributed by atoms with Crippen LogP contribution in [0.15, 0.2) is 40.8 Å². The third-order valence-corrected chi connectivity index (χ3v) is 6.53. The van der Waals surface area contributed by atoms with Crippen molar-refractivity contribution in [1.29, 1.82) is 0 Å². The van der Waals surface area contributed by atoms with Crippen molar-refractivity contribution in [2.45, 2.75) is 37.4 Å². The Morgan fingerprint density at radius 1 is 1.18 bits per heavy atom. The lowest BCUT2D eigenvalue weighted by molar-refractivity contribution is -0.0881. The van der Waals surface area contributed by atoms with Crippen molar-refractivity contribution in [3.8, 4) is 0 Å². The number of rotatable bonds is 6. The second kappa shape index (κ2) is 8.30. The zero-order valence-corrected chi connectivity index (χ0v) is 18.0. The molecule has 3 aromatic rings. The number of aliphatic hydroxyl groups is 1. The maximum absolute atomic E-state index is 15.4. The van der Waals surface area contributed by atoms with Gasteiger partial charge in [-0.2, -0.15) is 0 Å². The summed E-state index contributed by atoms with van der Waals surface area (Å²) in [6.45, 7) is 0.896. The molecular weight excluding hydrogens is 438 g/mol. The third-order valence-electron chi connectivity index (χ3n) is 6.53.